The van der Waals surface area contributed by atoms with Crippen LogP contribution in [0, 0.1) is 5.82 Å². The first kappa shape index (κ1) is 14.8. The van der Waals surface area contributed by atoms with Gasteiger partial charge in [0.25, 0.3) is 5.91 Å². The normalized spacial score (nSPS) is 21.2. The lowest BCUT2D eigenvalue weighted by Crippen LogP contribution is -2.43. The molecule has 5 nitrogen and oxygen atoms in total. The van der Waals surface area contributed by atoms with Gasteiger partial charge in [0.2, 0.25) is 0 Å². The van der Waals surface area contributed by atoms with Crippen molar-refractivity contribution in [3.8, 4) is 0 Å². The van der Waals surface area contributed by atoms with Crippen LogP contribution in [0.4, 0.5) is 10.1 Å². The molecule has 0 radical (unpaired) electrons. The van der Waals surface area contributed by atoms with E-state index in [0.29, 0.717) is 12.8 Å². The molecule has 1 aliphatic heterocycles. The Kier molecular flexibility index (Phi) is 4.27. The van der Waals surface area contributed by atoms with E-state index < -0.39 is 27.6 Å². The largest absolute Gasteiger partial charge is 0.385 e. The van der Waals surface area contributed by atoms with Gasteiger partial charge in [-0.3, -0.25) is 4.79 Å². The predicted molar refractivity (Wildman–Crippen MR) is 75.1 cm³/mol. The van der Waals surface area contributed by atoms with Gasteiger partial charge in [-0.15, -0.1) is 0 Å². The van der Waals surface area contributed by atoms with Crippen LogP contribution < -0.4 is 10.6 Å². The third-order valence-corrected chi connectivity index (χ3v) is 5.13. The van der Waals surface area contributed by atoms with E-state index in [4.69, 9.17) is 0 Å². The van der Waals surface area contributed by atoms with Gasteiger partial charge >= 0.3 is 0 Å². The Balaban J connectivity index is 2.15. The fourth-order valence-electron chi connectivity index (χ4n) is 2.37. The van der Waals surface area contributed by atoms with Crippen molar-refractivity contribution in [2.24, 2.45) is 0 Å². The average molecular weight is 300 g/mol. The maximum atomic E-state index is 13.6. The van der Waals surface area contributed by atoms with E-state index >= 15 is 0 Å². The summed E-state index contributed by atoms with van der Waals surface area (Å²) < 4.78 is 36.6. The third kappa shape index (κ3) is 3.27. The zero-order valence-corrected chi connectivity index (χ0v) is 12.0. The second-order valence-electron chi connectivity index (χ2n) is 4.84. The van der Waals surface area contributed by atoms with Crippen molar-refractivity contribution < 1.29 is 17.6 Å². The Hall–Kier alpha value is -1.63. The molecule has 1 aliphatic rings. The van der Waals surface area contributed by atoms with Gasteiger partial charge in [-0.1, -0.05) is 6.07 Å². The van der Waals surface area contributed by atoms with E-state index in [-0.39, 0.29) is 22.8 Å². The summed E-state index contributed by atoms with van der Waals surface area (Å²) in [5.74, 6) is -0.864. The highest BCUT2D eigenvalue weighted by atomic mass is 32.2. The van der Waals surface area contributed by atoms with Crippen LogP contribution in [0.1, 0.15) is 23.2 Å². The Morgan fingerprint density at radius 2 is 2.15 bits per heavy atom. The highest BCUT2D eigenvalue weighted by Gasteiger charge is 2.26. The monoisotopic (exact) mass is 300 g/mol. The number of halogens is 1. The first-order valence-electron chi connectivity index (χ1n) is 6.40. The summed E-state index contributed by atoms with van der Waals surface area (Å²) in [6.45, 7) is 0. The van der Waals surface area contributed by atoms with Crippen LogP contribution >= 0.6 is 0 Å². The van der Waals surface area contributed by atoms with Crippen molar-refractivity contribution in [2.75, 3.05) is 23.9 Å². The van der Waals surface area contributed by atoms with Crippen molar-refractivity contribution in [1.82, 2.24) is 5.32 Å². The zero-order valence-electron chi connectivity index (χ0n) is 11.1. The summed E-state index contributed by atoms with van der Waals surface area (Å²) in [6.07, 6.45) is 1.16. The summed E-state index contributed by atoms with van der Waals surface area (Å²) in [5, 5.41) is 5.31. The molecule has 0 spiro atoms. The second-order valence-corrected chi connectivity index (χ2v) is 7.07. The molecular formula is C13H17FN2O3S. The molecule has 1 saturated heterocycles. The van der Waals surface area contributed by atoms with Crippen LogP contribution in [0.15, 0.2) is 18.2 Å². The lowest BCUT2D eigenvalue weighted by Gasteiger charge is -2.23. The lowest BCUT2D eigenvalue weighted by atomic mass is 10.1. The molecule has 1 atom stereocenters. The zero-order chi connectivity index (χ0) is 14.8. The van der Waals surface area contributed by atoms with Gasteiger partial charge < -0.3 is 10.6 Å². The molecule has 1 fully saturated rings. The summed E-state index contributed by atoms with van der Waals surface area (Å²) in [7, 11) is -1.56. The molecule has 0 aromatic heterocycles. The minimum Gasteiger partial charge on any atom is -0.385 e. The van der Waals surface area contributed by atoms with Crippen LogP contribution in [0.3, 0.4) is 0 Å². The summed E-state index contributed by atoms with van der Waals surface area (Å²) in [4.78, 5) is 12.1. The number of hydrogen-bond donors (Lipinski definition) is 2. The number of amides is 1. The molecule has 7 heteroatoms. The molecule has 2 rings (SSSR count). The van der Waals surface area contributed by atoms with Gasteiger partial charge in [-0.05, 0) is 25.0 Å². The number of nitrogens with one attached hydrogen (secondary N) is 2. The van der Waals surface area contributed by atoms with Gasteiger partial charge in [0.15, 0.2) is 9.84 Å². The van der Waals surface area contributed by atoms with Crippen LogP contribution in [0.25, 0.3) is 0 Å². The lowest BCUT2D eigenvalue weighted by molar-refractivity contribution is 0.0938. The molecule has 2 N–H and O–H groups in total. The number of benzene rings is 1. The van der Waals surface area contributed by atoms with E-state index in [1.165, 1.54) is 25.2 Å². The van der Waals surface area contributed by atoms with E-state index in [1.54, 1.807) is 0 Å². The molecule has 1 amide bonds. The molecule has 0 saturated carbocycles. The number of anilines is 1. The molecule has 0 aliphatic carbocycles. The van der Waals surface area contributed by atoms with Crippen LogP contribution in [-0.4, -0.2) is 38.9 Å². The highest BCUT2D eigenvalue weighted by Crippen LogP contribution is 2.20. The molecule has 0 bridgehead atoms. The van der Waals surface area contributed by atoms with Gasteiger partial charge in [-0.25, -0.2) is 12.8 Å². The van der Waals surface area contributed by atoms with E-state index in [0.717, 1.165) is 0 Å². The Bertz CT molecular complexity index is 616. The number of hydrogen-bond acceptors (Lipinski definition) is 4. The number of rotatable bonds is 3. The quantitative estimate of drug-likeness (QED) is 0.879. The number of carbonyl (C=O) groups excluding carboxylic acids is 1. The minimum absolute atomic E-state index is 0.0526. The van der Waals surface area contributed by atoms with E-state index in [2.05, 4.69) is 10.6 Å². The minimum atomic E-state index is -3.09. The van der Waals surface area contributed by atoms with E-state index in [1.807, 2.05) is 0 Å². The Morgan fingerprint density at radius 3 is 2.80 bits per heavy atom. The van der Waals surface area contributed by atoms with Crippen LogP contribution in [-0.2, 0) is 9.84 Å². The molecule has 1 heterocycles. The number of sulfone groups is 1. The fraction of sp³-hybridized carbons (Fsp3) is 0.462. The van der Waals surface area contributed by atoms with Crippen molar-refractivity contribution in [3.63, 3.8) is 0 Å². The topological polar surface area (TPSA) is 75.3 Å². The SMILES string of the molecule is CNc1c(F)cccc1C(=O)NC1CCCS(=O)(=O)C1. The Morgan fingerprint density at radius 1 is 1.40 bits per heavy atom. The van der Waals surface area contributed by atoms with Crippen molar-refractivity contribution in [1.29, 1.82) is 0 Å². The van der Waals surface area contributed by atoms with Crippen molar-refractivity contribution >= 4 is 21.4 Å². The molecule has 110 valence electrons. The molecule has 1 unspecified atom stereocenters. The Labute approximate surface area is 117 Å². The smallest absolute Gasteiger partial charge is 0.253 e. The second kappa shape index (κ2) is 5.78. The average Bonchev–Trinajstić information content (AvgIpc) is 2.37. The standard InChI is InChI=1S/C13H17FN2O3S/c1-15-12-10(5-2-6-11(12)14)13(17)16-9-4-3-7-20(18,19)8-9/h2,5-6,9,15H,3-4,7-8H2,1H3,(H,16,17). The molecular weight excluding hydrogens is 283 g/mol. The first-order valence-corrected chi connectivity index (χ1v) is 8.22. The van der Waals surface area contributed by atoms with E-state index in [9.17, 15) is 17.6 Å². The predicted octanol–water partition coefficient (Wildman–Crippen LogP) is 1.17. The van der Waals surface area contributed by atoms with Gasteiger partial charge in [0.05, 0.1) is 22.8 Å². The van der Waals surface area contributed by atoms with Gasteiger partial charge in [-0.2, -0.15) is 0 Å². The molecule has 20 heavy (non-hydrogen) atoms. The maximum absolute atomic E-state index is 13.6. The number of para-hydroxylation sites is 1. The molecule has 1 aromatic carbocycles. The summed E-state index contributed by atoms with van der Waals surface area (Å²) in [5.41, 5.74) is 0.291. The summed E-state index contributed by atoms with van der Waals surface area (Å²) >= 11 is 0. The van der Waals surface area contributed by atoms with Gasteiger partial charge in [0.1, 0.15) is 5.82 Å². The first-order chi connectivity index (χ1) is 9.43. The van der Waals surface area contributed by atoms with Crippen molar-refractivity contribution in [3.05, 3.63) is 29.6 Å². The summed E-state index contributed by atoms with van der Waals surface area (Å²) in [6, 6.07) is 3.80. The fourth-order valence-corrected chi connectivity index (χ4v) is 4.00. The van der Waals surface area contributed by atoms with Crippen LogP contribution in [0.5, 0.6) is 0 Å². The highest BCUT2D eigenvalue weighted by molar-refractivity contribution is 7.91. The van der Waals surface area contributed by atoms with Gasteiger partial charge in [0, 0.05) is 13.1 Å². The molecule has 1 aromatic rings. The van der Waals surface area contributed by atoms with Crippen molar-refractivity contribution in [2.45, 2.75) is 18.9 Å². The maximum Gasteiger partial charge on any atom is 0.253 e. The third-order valence-electron chi connectivity index (χ3n) is 3.31. The van der Waals surface area contributed by atoms with Crippen LogP contribution in [0.2, 0.25) is 0 Å². The number of carbonyl (C=O) groups is 1.